The molecule has 0 aromatic carbocycles. The third kappa shape index (κ3) is 3.04. The molecule has 1 aliphatic heterocycles. The summed E-state index contributed by atoms with van der Waals surface area (Å²) in [5.41, 5.74) is 0.619. The second-order valence-corrected chi connectivity index (χ2v) is 7.10. The van der Waals surface area contributed by atoms with E-state index >= 15 is 0 Å². The molecular weight excluding hydrogens is 302 g/mol. The van der Waals surface area contributed by atoms with Gasteiger partial charge in [-0.15, -0.1) is 0 Å². The van der Waals surface area contributed by atoms with E-state index in [-0.39, 0.29) is 23.4 Å². The van der Waals surface area contributed by atoms with Crippen molar-refractivity contribution in [1.29, 1.82) is 0 Å². The van der Waals surface area contributed by atoms with Crippen molar-refractivity contribution < 1.29 is 9.59 Å². The number of carbonyl (C=O) groups excluding carboxylic acids is 2. The van der Waals surface area contributed by atoms with Crippen LogP contribution in [0.15, 0.2) is 24.5 Å². The lowest BCUT2D eigenvalue weighted by molar-refractivity contribution is -0.130. The van der Waals surface area contributed by atoms with Crippen molar-refractivity contribution >= 4 is 11.8 Å². The Morgan fingerprint density at radius 3 is 2.50 bits per heavy atom. The summed E-state index contributed by atoms with van der Waals surface area (Å²) < 4.78 is 0. The predicted octanol–water partition coefficient (Wildman–Crippen LogP) is 2.87. The average Bonchev–Trinajstić information content (AvgIpc) is 2.94. The van der Waals surface area contributed by atoms with Crippen LogP contribution in [0.5, 0.6) is 0 Å². The van der Waals surface area contributed by atoms with Gasteiger partial charge in [0, 0.05) is 43.5 Å². The fraction of sp³-hybridized carbons (Fsp3) is 0.632. The molecule has 1 aromatic rings. The van der Waals surface area contributed by atoms with Gasteiger partial charge in [0.25, 0.3) is 5.91 Å². The Hall–Kier alpha value is -1.91. The molecule has 2 aliphatic rings. The molecule has 130 valence electrons. The average molecular weight is 329 g/mol. The summed E-state index contributed by atoms with van der Waals surface area (Å²) in [6, 6.07) is 3.71. The van der Waals surface area contributed by atoms with Gasteiger partial charge in [-0.25, -0.2) is 0 Å². The van der Waals surface area contributed by atoms with Crippen molar-refractivity contribution in [1.82, 2.24) is 14.8 Å². The van der Waals surface area contributed by atoms with Gasteiger partial charge in [0.05, 0.1) is 6.04 Å². The molecule has 2 amide bonds. The molecule has 1 atom stereocenters. The molecule has 1 saturated heterocycles. The summed E-state index contributed by atoms with van der Waals surface area (Å²) in [5, 5.41) is 0. The molecule has 1 aliphatic carbocycles. The maximum atomic E-state index is 13.1. The molecular formula is C19H27N3O2. The van der Waals surface area contributed by atoms with Crippen LogP contribution in [-0.2, 0) is 4.79 Å². The second-order valence-electron chi connectivity index (χ2n) is 7.10. The number of likely N-dealkylation sites (tertiary alicyclic amines) is 1. The number of rotatable bonds is 3. The lowest BCUT2D eigenvalue weighted by Gasteiger charge is -2.41. The number of nitrogens with zero attached hydrogens (tertiary/aromatic N) is 3. The van der Waals surface area contributed by atoms with E-state index in [0.717, 1.165) is 19.3 Å². The number of hydrogen-bond donors (Lipinski definition) is 0. The minimum atomic E-state index is -0.0772. The van der Waals surface area contributed by atoms with Crippen LogP contribution in [0.25, 0.3) is 0 Å². The van der Waals surface area contributed by atoms with Gasteiger partial charge in [0.2, 0.25) is 5.91 Å². The minimum Gasteiger partial charge on any atom is -0.338 e. The van der Waals surface area contributed by atoms with Gasteiger partial charge in [-0.2, -0.15) is 0 Å². The lowest BCUT2D eigenvalue weighted by Crippen LogP contribution is -2.48. The highest BCUT2D eigenvalue weighted by atomic mass is 16.2. The van der Waals surface area contributed by atoms with E-state index in [4.69, 9.17) is 0 Å². The number of aromatic nitrogens is 1. The molecule has 1 aromatic heterocycles. The van der Waals surface area contributed by atoms with Gasteiger partial charge < -0.3 is 9.80 Å². The Kier molecular flexibility index (Phi) is 4.88. The van der Waals surface area contributed by atoms with Crippen molar-refractivity contribution in [2.45, 2.75) is 64.0 Å². The molecule has 24 heavy (non-hydrogen) atoms. The van der Waals surface area contributed by atoms with Crippen LogP contribution < -0.4 is 0 Å². The van der Waals surface area contributed by atoms with E-state index in [2.05, 4.69) is 9.88 Å². The zero-order chi connectivity index (χ0) is 17.2. The fourth-order valence-electron chi connectivity index (χ4n) is 4.60. The van der Waals surface area contributed by atoms with Gasteiger partial charge in [-0.1, -0.05) is 19.3 Å². The van der Waals surface area contributed by atoms with Gasteiger partial charge in [0.1, 0.15) is 0 Å². The molecule has 1 spiro atoms. The normalized spacial score (nSPS) is 22.6. The van der Waals surface area contributed by atoms with E-state index in [1.54, 1.807) is 31.5 Å². The standard InChI is InChI=1S/C19H27N3O2/c1-3-21(15(2)23)17-13-19(9-5-4-6-10-19)22(14-17)18(24)16-7-11-20-12-8-16/h7-8,11-12,17H,3-6,9-10,13-14H2,1-2H3. The molecule has 0 bridgehead atoms. The summed E-state index contributed by atoms with van der Waals surface area (Å²) in [6.07, 6.45) is 9.93. The van der Waals surface area contributed by atoms with Crippen LogP contribution in [0.2, 0.25) is 0 Å². The Balaban J connectivity index is 1.89. The molecule has 5 nitrogen and oxygen atoms in total. The van der Waals surface area contributed by atoms with Crippen LogP contribution in [-0.4, -0.2) is 51.3 Å². The van der Waals surface area contributed by atoms with Crippen LogP contribution in [0.3, 0.4) is 0 Å². The van der Waals surface area contributed by atoms with E-state index in [1.165, 1.54) is 19.3 Å². The third-order valence-corrected chi connectivity index (χ3v) is 5.72. The maximum Gasteiger partial charge on any atom is 0.254 e. The molecule has 5 heteroatoms. The molecule has 1 saturated carbocycles. The number of amides is 2. The van der Waals surface area contributed by atoms with Crippen molar-refractivity contribution in [2.24, 2.45) is 0 Å². The Bertz CT molecular complexity index is 596. The van der Waals surface area contributed by atoms with Gasteiger partial charge >= 0.3 is 0 Å². The Morgan fingerprint density at radius 2 is 1.92 bits per heavy atom. The Morgan fingerprint density at radius 1 is 1.25 bits per heavy atom. The minimum absolute atomic E-state index is 0.0772. The Labute approximate surface area is 144 Å². The smallest absolute Gasteiger partial charge is 0.254 e. The first kappa shape index (κ1) is 16.9. The van der Waals surface area contributed by atoms with E-state index in [1.807, 2.05) is 11.8 Å². The number of likely N-dealkylation sites (N-methyl/N-ethyl adjacent to an activating group) is 1. The summed E-state index contributed by atoms with van der Waals surface area (Å²) in [7, 11) is 0. The number of carbonyl (C=O) groups is 2. The highest BCUT2D eigenvalue weighted by Crippen LogP contribution is 2.43. The van der Waals surface area contributed by atoms with Gasteiger partial charge in [-0.3, -0.25) is 14.6 Å². The zero-order valence-corrected chi connectivity index (χ0v) is 14.7. The maximum absolute atomic E-state index is 13.1. The van der Waals surface area contributed by atoms with Crippen LogP contribution >= 0.6 is 0 Å². The SMILES string of the molecule is CCN(C(C)=O)C1CN(C(=O)c2ccncc2)C2(CCCCC2)C1. The monoisotopic (exact) mass is 329 g/mol. The topological polar surface area (TPSA) is 53.5 Å². The first-order valence-corrected chi connectivity index (χ1v) is 9.06. The number of pyridine rings is 1. The van der Waals surface area contributed by atoms with Gasteiger partial charge in [-0.05, 0) is 38.3 Å². The fourth-order valence-corrected chi connectivity index (χ4v) is 4.60. The summed E-state index contributed by atoms with van der Waals surface area (Å²) in [5.74, 6) is 0.188. The number of hydrogen-bond acceptors (Lipinski definition) is 3. The summed E-state index contributed by atoms with van der Waals surface area (Å²) >= 11 is 0. The molecule has 2 fully saturated rings. The van der Waals surface area contributed by atoms with Gasteiger partial charge in [0.15, 0.2) is 0 Å². The third-order valence-electron chi connectivity index (χ3n) is 5.72. The van der Waals surface area contributed by atoms with Crippen molar-refractivity contribution in [3.05, 3.63) is 30.1 Å². The molecule has 1 unspecified atom stereocenters. The molecule has 3 rings (SSSR count). The van der Waals surface area contributed by atoms with E-state index < -0.39 is 0 Å². The largest absolute Gasteiger partial charge is 0.338 e. The quantitative estimate of drug-likeness (QED) is 0.857. The van der Waals surface area contributed by atoms with Crippen molar-refractivity contribution in [2.75, 3.05) is 13.1 Å². The highest BCUT2D eigenvalue weighted by molar-refractivity contribution is 5.95. The van der Waals surface area contributed by atoms with E-state index in [0.29, 0.717) is 18.7 Å². The first-order valence-electron chi connectivity index (χ1n) is 9.06. The van der Waals surface area contributed by atoms with Crippen LogP contribution in [0.4, 0.5) is 0 Å². The first-order chi connectivity index (χ1) is 11.6. The van der Waals surface area contributed by atoms with Crippen molar-refractivity contribution in [3.8, 4) is 0 Å². The summed E-state index contributed by atoms with van der Waals surface area (Å²) in [4.78, 5) is 33.1. The molecule has 2 heterocycles. The van der Waals surface area contributed by atoms with Crippen molar-refractivity contribution in [3.63, 3.8) is 0 Å². The van der Waals surface area contributed by atoms with Crippen LogP contribution in [0, 0.1) is 0 Å². The van der Waals surface area contributed by atoms with Crippen LogP contribution in [0.1, 0.15) is 62.7 Å². The second kappa shape index (κ2) is 6.91. The highest BCUT2D eigenvalue weighted by Gasteiger charge is 2.49. The summed E-state index contributed by atoms with van der Waals surface area (Å²) in [6.45, 7) is 4.99. The molecule has 0 N–H and O–H groups in total. The zero-order valence-electron chi connectivity index (χ0n) is 14.7. The lowest BCUT2D eigenvalue weighted by atomic mass is 9.79. The van der Waals surface area contributed by atoms with E-state index in [9.17, 15) is 9.59 Å². The predicted molar refractivity (Wildman–Crippen MR) is 92.6 cm³/mol. The molecule has 0 radical (unpaired) electrons.